The lowest BCUT2D eigenvalue weighted by atomic mass is 10.1. The molecule has 0 aliphatic heterocycles. The monoisotopic (exact) mass is 280 g/mol. The van der Waals surface area contributed by atoms with Crippen molar-refractivity contribution >= 4 is 19.2 Å². The van der Waals surface area contributed by atoms with Crippen LogP contribution in [0.15, 0.2) is 0 Å². The average molecular weight is 280 g/mol. The first-order valence-corrected chi connectivity index (χ1v) is 7.96. The van der Waals surface area contributed by atoms with Crippen LogP contribution >= 0.6 is 7.37 Å². The minimum absolute atomic E-state index is 0.191. The van der Waals surface area contributed by atoms with Crippen LogP contribution in [0.5, 0.6) is 0 Å². The molecule has 0 saturated carbocycles. The summed E-state index contributed by atoms with van der Waals surface area (Å²) in [6, 6.07) is 0. The Bertz CT molecular complexity index is 339. The zero-order valence-electron chi connectivity index (χ0n) is 10.9. The normalized spacial score (nSPS) is 14.1. The number of rotatable bonds is 7. The van der Waals surface area contributed by atoms with E-state index in [0.717, 1.165) is 6.66 Å². The molecule has 18 heavy (non-hydrogen) atoms. The fourth-order valence-corrected chi connectivity index (χ4v) is 1.76. The summed E-state index contributed by atoms with van der Waals surface area (Å²) < 4.78 is 10.9. The van der Waals surface area contributed by atoms with Crippen molar-refractivity contribution in [2.45, 2.75) is 26.7 Å². The van der Waals surface area contributed by atoms with Crippen LogP contribution in [0.2, 0.25) is 0 Å². The van der Waals surface area contributed by atoms with Crippen LogP contribution in [0, 0.1) is 5.92 Å². The highest BCUT2D eigenvalue weighted by atomic mass is 31.2. The Balaban J connectivity index is 3.95. The third-order valence-corrected chi connectivity index (χ3v) is 2.96. The van der Waals surface area contributed by atoms with E-state index in [4.69, 9.17) is 4.89 Å². The Morgan fingerprint density at radius 3 is 2.39 bits per heavy atom. The molecule has 0 fully saturated rings. The molecule has 0 aromatic heterocycles. The summed E-state index contributed by atoms with van der Waals surface area (Å²) in [4.78, 5) is 31.5. The number of nitrogens with zero attached hydrogens (tertiary/aromatic N) is 1. The van der Waals surface area contributed by atoms with Crippen LogP contribution in [0.4, 0.5) is 0 Å². The van der Waals surface area contributed by atoms with E-state index < -0.39 is 25.3 Å². The summed E-state index contributed by atoms with van der Waals surface area (Å²) in [5.41, 5.74) is 0. The van der Waals surface area contributed by atoms with Gasteiger partial charge in [0.05, 0.1) is 0 Å². The van der Waals surface area contributed by atoms with E-state index in [1.165, 1.54) is 0 Å². The van der Waals surface area contributed by atoms with Gasteiger partial charge in [0.1, 0.15) is 12.8 Å². The molecule has 3 N–H and O–H groups in total. The first-order valence-electron chi connectivity index (χ1n) is 5.67. The molecule has 0 heterocycles. The van der Waals surface area contributed by atoms with Crippen LogP contribution in [0.3, 0.4) is 0 Å². The van der Waals surface area contributed by atoms with Gasteiger partial charge in [-0.15, -0.1) is 0 Å². The maximum absolute atomic E-state index is 11.4. The molecule has 0 rings (SSSR count). The molecular formula is C10H21N2O5P. The molecule has 0 bridgehead atoms. The van der Waals surface area contributed by atoms with Crippen LogP contribution < -0.4 is 5.32 Å². The van der Waals surface area contributed by atoms with E-state index in [2.05, 4.69) is 5.32 Å². The second-order valence-corrected chi connectivity index (χ2v) is 7.11. The molecule has 1 atom stereocenters. The average Bonchev–Trinajstić information content (AvgIpc) is 2.19. The number of hydrogen-bond donors (Lipinski definition) is 3. The summed E-state index contributed by atoms with van der Waals surface area (Å²) in [5.74, 6) is -0.830. The van der Waals surface area contributed by atoms with E-state index in [9.17, 15) is 19.4 Å². The number of carbonyl (C=O) groups is 2. The summed E-state index contributed by atoms with van der Waals surface area (Å²) in [7, 11) is -3.43. The predicted octanol–water partition coefficient (Wildman–Crippen LogP) is 0.614. The van der Waals surface area contributed by atoms with Crippen molar-refractivity contribution in [1.29, 1.82) is 0 Å². The lowest BCUT2D eigenvalue weighted by molar-refractivity contribution is -0.167. The largest absolute Gasteiger partial charge is 0.344 e. The van der Waals surface area contributed by atoms with Gasteiger partial charge in [0.15, 0.2) is 0 Å². The van der Waals surface area contributed by atoms with Crippen LogP contribution in [0.25, 0.3) is 0 Å². The minimum Gasteiger partial charge on any atom is -0.344 e. The molecule has 106 valence electrons. The maximum Gasteiger partial charge on any atom is 0.247 e. The molecule has 0 aromatic rings. The molecule has 0 aliphatic carbocycles. The maximum atomic E-state index is 11.4. The highest BCUT2D eigenvalue weighted by molar-refractivity contribution is 7.58. The standard InChI is InChI=1S/C10H21N2O5P/c1-8(2)4-5-10(14)12(15)7-11-9(13)6-18(3,16)17/h8,15H,4-7H2,1-3H3,(H,11,13)(H,16,17). The zero-order chi connectivity index (χ0) is 14.3. The van der Waals surface area contributed by atoms with Gasteiger partial charge in [-0.05, 0) is 12.3 Å². The Hall–Kier alpha value is -0.910. The zero-order valence-corrected chi connectivity index (χ0v) is 11.8. The quantitative estimate of drug-likeness (QED) is 0.274. The Labute approximate surface area is 107 Å². The third-order valence-electron chi connectivity index (χ3n) is 2.09. The molecule has 7 nitrogen and oxygen atoms in total. The number of hydrogen-bond acceptors (Lipinski definition) is 4. The highest BCUT2D eigenvalue weighted by Crippen LogP contribution is 2.33. The topological polar surface area (TPSA) is 107 Å². The van der Waals surface area contributed by atoms with E-state index in [0.29, 0.717) is 17.4 Å². The molecule has 1 unspecified atom stereocenters. The van der Waals surface area contributed by atoms with Gasteiger partial charge in [0.2, 0.25) is 19.2 Å². The van der Waals surface area contributed by atoms with E-state index >= 15 is 0 Å². The van der Waals surface area contributed by atoms with E-state index in [1.807, 2.05) is 13.8 Å². The van der Waals surface area contributed by atoms with Gasteiger partial charge < -0.3 is 10.2 Å². The Morgan fingerprint density at radius 1 is 1.39 bits per heavy atom. The summed E-state index contributed by atoms with van der Waals surface area (Å²) >= 11 is 0. The van der Waals surface area contributed by atoms with Gasteiger partial charge in [0, 0.05) is 13.1 Å². The van der Waals surface area contributed by atoms with Gasteiger partial charge in [-0.1, -0.05) is 13.8 Å². The molecule has 0 saturated heterocycles. The molecule has 0 radical (unpaired) electrons. The van der Waals surface area contributed by atoms with Crippen LogP contribution in [-0.2, 0) is 14.2 Å². The Kier molecular flexibility index (Phi) is 7.13. The fourth-order valence-electron chi connectivity index (χ4n) is 1.11. The molecule has 0 aromatic carbocycles. The predicted molar refractivity (Wildman–Crippen MR) is 66.3 cm³/mol. The van der Waals surface area contributed by atoms with Crippen molar-refractivity contribution < 1.29 is 24.3 Å². The lowest BCUT2D eigenvalue weighted by Gasteiger charge is -2.16. The minimum atomic E-state index is -3.43. The second-order valence-electron chi connectivity index (χ2n) is 4.69. The number of nitrogens with one attached hydrogen (secondary N) is 1. The summed E-state index contributed by atoms with van der Waals surface area (Å²) in [5, 5.41) is 11.9. The van der Waals surface area contributed by atoms with Crippen molar-refractivity contribution in [2.75, 3.05) is 19.5 Å². The van der Waals surface area contributed by atoms with Gasteiger partial charge in [0.25, 0.3) is 0 Å². The smallest absolute Gasteiger partial charge is 0.247 e. The molecule has 0 aliphatic rings. The molecule has 2 amide bonds. The van der Waals surface area contributed by atoms with Crippen molar-refractivity contribution in [3.63, 3.8) is 0 Å². The number of amides is 2. The third kappa shape index (κ3) is 9.15. The van der Waals surface area contributed by atoms with Crippen molar-refractivity contribution in [2.24, 2.45) is 5.92 Å². The van der Waals surface area contributed by atoms with Gasteiger partial charge in [-0.25, -0.2) is 5.06 Å². The SMILES string of the molecule is CC(C)CCC(=O)N(O)CNC(=O)CP(C)(=O)O. The first-order chi connectivity index (χ1) is 8.11. The van der Waals surface area contributed by atoms with E-state index in [-0.39, 0.29) is 13.1 Å². The fraction of sp³-hybridized carbons (Fsp3) is 0.800. The van der Waals surface area contributed by atoms with Crippen molar-refractivity contribution in [1.82, 2.24) is 10.4 Å². The Morgan fingerprint density at radius 2 is 1.94 bits per heavy atom. The molecular weight excluding hydrogens is 259 g/mol. The number of hydroxylamine groups is 2. The first kappa shape index (κ1) is 17.1. The summed E-state index contributed by atoms with van der Waals surface area (Å²) in [6.45, 7) is 4.60. The summed E-state index contributed by atoms with van der Waals surface area (Å²) in [6.07, 6.45) is 0.308. The second kappa shape index (κ2) is 7.51. The number of carbonyl (C=O) groups excluding carboxylic acids is 2. The van der Waals surface area contributed by atoms with E-state index in [1.54, 1.807) is 0 Å². The van der Waals surface area contributed by atoms with Gasteiger partial charge in [-0.2, -0.15) is 0 Å². The highest BCUT2D eigenvalue weighted by Gasteiger charge is 2.17. The molecule has 0 spiro atoms. The van der Waals surface area contributed by atoms with Crippen molar-refractivity contribution in [3.05, 3.63) is 0 Å². The van der Waals surface area contributed by atoms with Gasteiger partial charge >= 0.3 is 0 Å². The molecule has 8 heteroatoms. The lowest BCUT2D eigenvalue weighted by Crippen LogP contribution is -2.40. The van der Waals surface area contributed by atoms with Crippen LogP contribution in [-0.4, -0.2) is 46.5 Å². The van der Waals surface area contributed by atoms with Crippen LogP contribution in [0.1, 0.15) is 26.7 Å². The van der Waals surface area contributed by atoms with Crippen molar-refractivity contribution in [3.8, 4) is 0 Å². The van der Waals surface area contributed by atoms with Gasteiger partial charge in [-0.3, -0.25) is 19.4 Å².